The van der Waals surface area contributed by atoms with Crippen molar-refractivity contribution in [1.82, 2.24) is 57.9 Å². The first-order chi connectivity index (χ1) is 64.1. The zero-order valence-electron chi connectivity index (χ0n) is 76.1. The highest BCUT2D eigenvalue weighted by Crippen LogP contribution is 2.55. The number of urea groups is 1. The van der Waals surface area contributed by atoms with Gasteiger partial charge >= 0.3 is 6.03 Å². The number of benzene rings is 6. The molecule has 6 aromatic rings. The summed E-state index contributed by atoms with van der Waals surface area (Å²) in [5, 5.41) is 127. The van der Waals surface area contributed by atoms with Gasteiger partial charge in [0, 0.05) is 47.9 Å². The summed E-state index contributed by atoms with van der Waals surface area (Å²) in [7, 11) is -0.497. The van der Waals surface area contributed by atoms with E-state index in [1.54, 1.807) is 6.92 Å². The van der Waals surface area contributed by atoms with Crippen molar-refractivity contribution in [1.29, 1.82) is 0 Å². The van der Waals surface area contributed by atoms with Crippen molar-refractivity contribution in [3.63, 3.8) is 0 Å². The molecule has 41 heteroatoms. The van der Waals surface area contributed by atoms with Gasteiger partial charge < -0.3 is 133 Å². The number of unbranched alkanes of at least 4 members (excludes halogenated alkanes) is 3. The van der Waals surface area contributed by atoms with E-state index >= 15 is 28.8 Å². The number of sulfonamides is 1. The second-order valence-corrected chi connectivity index (χ2v) is 39.5. The van der Waals surface area contributed by atoms with Gasteiger partial charge in [0.15, 0.2) is 23.9 Å². The number of phenols is 2. The standard InChI is InChI=1S/C94H120ClN13O26S/c1-42(2)26-60(97-7)85(118)107-76-78(113)49-15-22-64(43(3)27-49)130-66-35-53-36-67(82(66)134-92-83(81(116)80(115)68(41-109)132-92)133-70-39-94(6,96)84(117)45(5)129-70)131-65-23-16-50(34-59(65)95)79(114)77-91(124)106-75(89(122)103-72-51-29-46-28-47(31-51)32-52(72)30-46)57-37-63(111)58(40-98-24-12-10-11-13-25-99-135(9,126)127)44(4)71(57)56-33-48(14-21-62(56)110)73(87(120)108-77)105-88(121)74(53)104-86(119)61(101-90(76)123)38-69(112)102-93(125)100-54-17-19-55(128-8)20-18-54/h14-23,27,33-37,42,45-47,51-52,60-61,68,70,72-81,83-84,92,97-99,109-111,113-117H,10-13,24-26,28-32,38-41,96H2,1-9H3,(H,101,123)(H,103,122)(H,104,119)(H,105,121)(H,106,124)(H,107,118)(H,108,120)(H2,100,102,112,125)/t45-,46?,47?,51?,52?,60+,61-,68+,70-,72?,73+,74+,75-,76+,77-,78+,79+,80+,81-,83+,84+,92-,94-/m0/s1. The van der Waals surface area contributed by atoms with Crippen molar-refractivity contribution in [3.8, 4) is 57.1 Å². The molecule has 11 aliphatic rings. The summed E-state index contributed by atoms with van der Waals surface area (Å²) in [5.74, 6) is -11.3. The number of aliphatic hydroxyl groups excluding tert-OH is 6. The van der Waals surface area contributed by atoms with Gasteiger partial charge in [-0.15, -0.1) is 0 Å². The van der Waals surface area contributed by atoms with E-state index in [1.165, 1.54) is 120 Å². The molecule has 135 heavy (non-hydrogen) atoms. The molecular formula is C94H120ClN13O26S. The first-order valence-corrected chi connectivity index (χ1v) is 47.7. The van der Waals surface area contributed by atoms with Crippen LogP contribution >= 0.6 is 11.6 Å². The molecule has 2 saturated heterocycles. The van der Waals surface area contributed by atoms with E-state index in [9.17, 15) is 63.7 Å². The summed E-state index contributed by atoms with van der Waals surface area (Å²) in [5.41, 5.74) is 4.91. The Morgan fingerprint density at radius 3 is 1.96 bits per heavy atom. The van der Waals surface area contributed by atoms with Crippen molar-refractivity contribution in [2.24, 2.45) is 35.3 Å². The van der Waals surface area contributed by atoms with Crippen LogP contribution in [-0.4, -0.2) is 228 Å². The number of rotatable bonds is 26. The van der Waals surface area contributed by atoms with Gasteiger partial charge in [0.25, 0.3) is 0 Å². The molecule has 730 valence electrons. The zero-order valence-corrected chi connectivity index (χ0v) is 77.7. The normalized spacial score (nSPS) is 29.1. The lowest BCUT2D eigenvalue weighted by Gasteiger charge is -2.54. The van der Waals surface area contributed by atoms with Crippen LogP contribution in [0, 0.1) is 43.4 Å². The highest BCUT2D eigenvalue weighted by atomic mass is 35.5. The van der Waals surface area contributed by atoms with Crippen molar-refractivity contribution in [2.45, 2.75) is 240 Å². The molecule has 7 heterocycles. The number of aromatic hydroxyl groups is 2. The number of hydrogen-bond acceptors (Lipinski definition) is 29. The number of anilines is 1. The fourth-order valence-corrected chi connectivity index (χ4v) is 20.6. The summed E-state index contributed by atoms with van der Waals surface area (Å²) in [6.45, 7) is 9.45. The predicted octanol–water partition coefficient (Wildman–Crippen LogP) is 4.29. The number of aliphatic hydroxyl groups is 6. The van der Waals surface area contributed by atoms with Crippen LogP contribution in [0.3, 0.4) is 0 Å². The number of carbonyl (C=O) groups excluding carboxylic acids is 9. The van der Waals surface area contributed by atoms with E-state index in [4.69, 9.17) is 50.5 Å². The van der Waals surface area contributed by atoms with Crippen LogP contribution in [-0.2, 0) is 69.1 Å². The first kappa shape index (κ1) is 100. The minimum atomic E-state index is -3.41. The summed E-state index contributed by atoms with van der Waals surface area (Å²) < 4.78 is 70.9. The highest BCUT2D eigenvalue weighted by Gasteiger charge is 2.54. The van der Waals surface area contributed by atoms with Crippen LogP contribution < -0.4 is 87.9 Å². The summed E-state index contributed by atoms with van der Waals surface area (Å²) in [4.78, 5) is 141. The molecule has 4 aliphatic carbocycles. The number of amides is 10. The number of carbonyl (C=O) groups is 9. The molecule has 15 bridgehead atoms. The number of likely N-dealkylation sites (N-methyl/N-ethyl adjacent to an activating group) is 1. The Hall–Kier alpha value is -10.9. The predicted molar refractivity (Wildman–Crippen MR) is 487 cm³/mol. The Morgan fingerprint density at radius 1 is 0.689 bits per heavy atom. The second-order valence-electron chi connectivity index (χ2n) is 37.2. The summed E-state index contributed by atoms with van der Waals surface area (Å²) in [6.07, 6.45) is -10.7. The van der Waals surface area contributed by atoms with Crippen molar-refractivity contribution in [3.05, 3.63) is 147 Å². The number of fused-ring (bicyclic) bond motifs is 15. The zero-order chi connectivity index (χ0) is 97.1. The van der Waals surface area contributed by atoms with Crippen LogP contribution in [0.1, 0.15) is 180 Å². The Labute approximate surface area is 784 Å². The molecule has 6 fully saturated rings. The van der Waals surface area contributed by atoms with Gasteiger partial charge in [0.1, 0.15) is 95.5 Å². The van der Waals surface area contributed by atoms with Crippen molar-refractivity contribution in [2.75, 3.05) is 45.4 Å². The molecule has 0 aromatic heterocycles. The average Bonchev–Trinajstić information content (AvgIpc) is 0.718. The molecule has 17 rings (SSSR count). The third-order valence-corrected chi connectivity index (χ3v) is 27.7. The maximum atomic E-state index is 16.9. The van der Waals surface area contributed by atoms with Crippen LogP contribution in [0.25, 0.3) is 11.1 Å². The van der Waals surface area contributed by atoms with E-state index in [2.05, 4.69) is 63.2 Å². The lowest BCUT2D eigenvalue weighted by Crippen LogP contribution is -2.64. The fourth-order valence-electron chi connectivity index (χ4n) is 19.8. The van der Waals surface area contributed by atoms with Crippen LogP contribution in [0.5, 0.6) is 46.0 Å². The number of hydrogen-bond donors (Lipinski definition) is 21. The quantitative estimate of drug-likeness (QED) is 0.0337. The SMILES string of the molecule is CN[C@H](CC(C)C)C(=O)N[C@H]1C(=O)N[C@@H](CC(=O)NC(=O)Nc2ccc(OC)cc2)C(=O)N[C@H]2C(=O)N[C@H]3C(=O)N[C@H](C(=O)N[C@H](C(=O)NC4C5CC6CC(C5)CC4C6)c4cc(O)c(CNCCCCCCNS(C)(=O)=O)c(C)c4-c4cc3ccc4O)[C@H](O)c3ccc(c(Cl)c3)Oc3cc2cc(c3O[C@@H]2O[C@H](CO)[C@@H](O)[C@H](O)[C@H]2O[C@H]2C[C@](C)(N)[C@H](O)[C@H](C)O2)Oc2ccc(cc2C)[C@H]1O. The summed E-state index contributed by atoms with van der Waals surface area (Å²) in [6, 6.07) is 5.29. The number of halogens is 1. The molecule has 7 aliphatic heterocycles. The number of aryl methyl sites for hydroxylation is 1. The monoisotopic (exact) mass is 1910 g/mol. The van der Waals surface area contributed by atoms with Gasteiger partial charge in [-0.05, 0) is 246 Å². The van der Waals surface area contributed by atoms with E-state index in [0.717, 1.165) is 50.5 Å². The van der Waals surface area contributed by atoms with Gasteiger partial charge in [0.05, 0.1) is 49.7 Å². The van der Waals surface area contributed by atoms with E-state index in [-0.39, 0.29) is 128 Å². The summed E-state index contributed by atoms with van der Waals surface area (Å²) >= 11 is 7.38. The maximum Gasteiger partial charge on any atom is 0.325 e. The lowest BCUT2D eigenvalue weighted by atomic mass is 9.54. The Kier molecular flexibility index (Phi) is 31.4. The largest absolute Gasteiger partial charge is 0.508 e. The number of imide groups is 1. The third kappa shape index (κ3) is 23.0. The third-order valence-electron chi connectivity index (χ3n) is 26.7. The highest BCUT2D eigenvalue weighted by molar-refractivity contribution is 7.88. The van der Waals surface area contributed by atoms with Crippen molar-refractivity contribution < 1.29 is 126 Å². The smallest absolute Gasteiger partial charge is 0.325 e. The number of methoxy groups -OCH3 is 1. The van der Waals surface area contributed by atoms with Gasteiger partial charge in [0.2, 0.25) is 69.3 Å². The lowest BCUT2D eigenvalue weighted by molar-refractivity contribution is -0.333. The van der Waals surface area contributed by atoms with Crippen molar-refractivity contribution >= 4 is 80.6 Å². The maximum absolute atomic E-state index is 16.9. The number of phenolic OH excluding ortho intramolecular Hbond substituents is 2. The van der Waals surface area contributed by atoms with Gasteiger partial charge in [-0.3, -0.25) is 43.7 Å². The molecule has 6 aromatic carbocycles. The number of ether oxygens (including phenoxy) is 7. The molecule has 0 radical (unpaired) electrons. The van der Waals surface area contributed by atoms with Gasteiger partial charge in [-0.2, -0.15) is 0 Å². The molecule has 18 atom stereocenters. The van der Waals surface area contributed by atoms with E-state index in [0.29, 0.717) is 49.8 Å². The first-order valence-electron chi connectivity index (χ1n) is 45.4. The molecule has 0 unspecified atom stereocenters. The average molecular weight is 1920 g/mol. The molecule has 0 spiro atoms. The van der Waals surface area contributed by atoms with E-state index < -0.39 is 214 Å². The fraction of sp³-hybridized carbons (Fsp3) is 0.521. The van der Waals surface area contributed by atoms with Gasteiger partial charge in [-0.25, -0.2) is 17.9 Å². The minimum absolute atomic E-state index is 0.0404. The number of nitrogens with one attached hydrogen (secondary N) is 12. The second kappa shape index (κ2) is 42.4. The van der Waals surface area contributed by atoms with Gasteiger partial charge in [-0.1, -0.05) is 56.5 Å². The van der Waals surface area contributed by atoms with Crippen LogP contribution in [0.4, 0.5) is 10.5 Å². The Morgan fingerprint density at radius 2 is 1.33 bits per heavy atom. The Bertz CT molecular complexity index is 5530. The number of nitrogens with two attached hydrogens (primary N) is 1. The molecular weight excluding hydrogens is 1790 g/mol. The van der Waals surface area contributed by atoms with E-state index in [1.807, 2.05) is 13.8 Å². The van der Waals surface area contributed by atoms with Crippen LogP contribution in [0.2, 0.25) is 5.02 Å². The topological polar surface area (TPSA) is 585 Å². The van der Waals surface area contributed by atoms with Crippen LogP contribution in [0.15, 0.2) is 97.1 Å². The Balaban J connectivity index is 0.962. The molecule has 39 nitrogen and oxygen atoms in total. The molecule has 10 amide bonds. The molecule has 22 N–H and O–H groups in total. The molecule has 4 saturated carbocycles. The minimum Gasteiger partial charge on any atom is -0.508 e.